The second-order valence-electron chi connectivity index (χ2n) is 5.61. The molecule has 0 spiro atoms. The third kappa shape index (κ3) is 4.39. The van der Waals surface area contributed by atoms with Crippen molar-refractivity contribution in [3.8, 4) is 0 Å². The molecule has 2 N–H and O–H groups in total. The molecule has 0 aromatic carbocycles. The topological polar surface area (TPSA) is 60.8 Å². The van der Waals surface area contributed by atoms with E-state index in [1.165, 1.54) is 4.90 Å². The summed E-state index contributed by atoms with van der Waals surface area (Å²) in [7, 11) is 0. The minimum absolute atomic E-state index is 0.0265. The van der Waals surface area contributed by atoms with Crippen LogP contribution in [0.2, 0.25) is 0 Å². The Morgan fingerprint density at radius 1 is 1.31 bits per heavy atom. The van der Waals surface area contributed by atoms with Crippen LogP contribution < -0.4 is 0 Å². The first kappa shape index (κ1) is 15.2. The molecule has 4 heteroatoms. The zero-order valence-corrected chi connectivity index (χ0v) is 11.0. The van der Waals surface area contributed by atoms with Gasteiger partial charge >= 0.3 is 6.09 Å². The van der Waals surface area contributed by atoms with Crippen LogP contribution >= 0.6 is 0 Å². The molecule has 0 bridgehead atoms. The fourth-order valence-electron chi connectivity index (χ4n) is 2.42. The lowest BCUT2D eigenvalue weighted by Crippen LogP contribution is -2.50. The van der Waals surface area contributed by atoms with Crippen molar-refractivity contribution in [2.24, 2.45) is 11.3 Å². The molecule has 4 nitrogen and oxygen atoms in total. The predicted molar refractivity (Wildman–Crippen MR) is 64.5 cm³/mol. The molecular formula is C12H25NO3. The summed E-state index contributed by atoms with van der Waals surface area (Å²) in [6.07, 6.45) is -0.409. The Morgan fingerprint density at radius 3 is 2.06 bits per heavy atom. The number of aliphatic hydroxyl groups excluding tert-OH is 1. The summed E-state index contributed by atoms with van der Waals surface area (Å²) in [5.74, 6) is 0.259. The van der Waals surface area contributed by atoms with Crippen molar-refractivity contribution in [1.82, 2.24) is 4.90 Å². The van der Waals surface area contributed by atoms with Crippen molar-refractivity contribution in [1.29, 1.82) is 0 Å². The average Bonchev–Trinajstić information content (AvgIpc) is 2.08. The molecule has 0 fully saturated rings. The first-order valence-electron chi connectivity index (χ1n) is 5.82. The maximum atomic E-state index is 11.2. The molecule has 0 aliphatic carbocycles. The van der Waals surface area contributed by atoms with Crippen molar-refractivity contribution in [2.75, 3.05) is 13.2 Å². The van der Waals surface area contributed by atoms with Crippen LogP contribution in [-0.2, 0) is 0 Å². The molecule has 0 aliphatic heterocycles. The smallest absolute Gasteiger partial charge is 0.407 e. The summed E-state index contributed by atoms with van der Waals surface area (Å²) >= 11 is 0. The maximum Gasteiger partial charge on any atom is 0.407 e. The molecule has 0 rings (SSSR count). The van der Waals surface area contributed by atoms with Crippen LogP contribution in [0.1, 0.15) is 41.0 Å². The summed E-state index contributed by atoms with van der Waals surface area (Å²) in [4.78, 5) is 12.7. The molecule has 1 unspecified atom stereocenters. The Hall–Kier alpha value is -0.770. The van der Waals surface area contributed by atoms with E-state index in [4.69, 9.17) is 5.11 Å². The van der Waals surface area contributed by atoms with Gasteiger partial charge in [-0.1, -0.05) is 34.6 Å². The molecular weight excluding hydrogens is 206 g/mol. The van der Waals surface area contributed by atoms with Crippen LogP contribution in [0.25, 0.3) is 0 Å². The van der Waals surface area contributed by atoms with E-state index in [1.54, 1.807) is 0 Å². The minimum atomic E-state index is -0.901. The van der Waals surface area contributed by atoms with E-state index >= 15 is 0 Å². The highest BCUT2D eigenvalue weighted by Gasteiger charge is 2.35. The lowest BCUT2D eigenvalue weighted by atomic mass is 9.79. The van der Waals surface area contributed by atoms with Crippen LogP contribution in [0.3, 0.4) is 0 Å². The van der Waals surface area contributed by atoms with E-state index in [1.807, 2.05) is 34.6 Å². The molecule has 1 amide bonds. The van der Waals surface area contributed by atoms with E-state index in [9.17, 15) is 9.90 Å². The summed E-state index contributed by atoms with van der Waals surface area (Å²) < 4.78 is 0. The predicted octanol–water partition coefficient (Wildman–Crippen LogP) is 2.42. The standard InChI is InChI=1S/C12H25NO3/c1-9(2)10(12(3,4)5)13(11(15)16)7-6-8-14/h9-10,14H,6-8H2,1-5H3,(H,15,16). The number of hydrogen-bond acceptors (Lipinski definition) is 2. The van der Waals surface area contributed by atoms with E-state index in [0.717, 1.165) is 0 Å². The van der Waals surface area contributed by atoms with Gasteiger partial charge in [0, 0.05) is 19.2 Å². The fraction of sp³-hybridized carbons (Fsp3) is 0.917. The van der Waals surface area contributed by atoms with Gasteiger partial charge in [0.1, 0.15) is 0 Å². The maximum absolute atomic E-state index is 11.2. The number of nitrogens with zero attached hydrogens (tertiary/aromatic N) is 1. The zero-order valence-electron chi connectivity index (χ0n) is 11.0. The molecule has 0 heterocycles. The van der Waals surface area contributed by atoms with Crippen molar-refractivity contribution in [3.63, 3.8) is 0 Å². The first-order valence-corrected chi connectivity index (χ1v) is 5.82. The number of amides is 1. The molecule has 0 saturated carbocycles. The van der Waals surface area contributed by atoms with Crippen LogP contribution in [-0.4, -0.2) is 40.4 Å². The lowest BCUT2D eigenvalue weighted by molar-refractivity contribution is 0.0545. The Bertz CT molecular complexity index is 221. The Balaban J connectivity index is 4.88. The normalized spacial score (nSPS) is 13.9. The van der Waals surface area contributed by atoms with Gasteiger partial charge in [0.2, 0.25) is 0 Å². The van der Waals surface area contributed by atoms with Crippen molar-refractivity contribution in [3.05, 3.63) is 0 Å². The summed E-state index contributed by atoms with van der Waals surface area (Å²) in [6.45, 7) is 10.6. The first-order chi connectivity index (χ1) is 7.21. The van der Waals surface area contributed by atoms with Gasteiger partial charge in [-0.15, -0.1) is 0 Å². The highest BCUT2D eigenvalue weighted by Crippen LogP contribution is 2.30. The van der Waals surface area contributed by atoms with Crippen molar-refractivity contribution in [2.45, 2.75) is 47.1 Å². The van der Waals surface area contributed by atoms with Gasteiger partial charge in [0.15, 0.2) is 0 Å². The monoisotopic (exact) mass is 231 g/mol. The number of hydrogen-bond donors (Lipinski definition) is 2. The highest BCUT2D eigenvalue weighted by atomic mass is 16.4. The Kier molecular flexibility index (Phi) is 5.79. The third-order valence-corrected chi connectivity index (χ3v) is 2.66. The quantitative estimate of drug-likeness (QED) is 0.764. The van der Waals surface area contributed by atoms with Crippen LogP contribution in [0.4, 0.5) is 4.79 Å². The molecule has 0 radical (unpaired) electrons. The van der Waals surface area contributed by atoms with Gasteiger partial charge in [-0.2, -0.15) is 0 Å². The van der Waals surface area contributed by atoms with Crippen LogP contribution in [0.5, 0.6) is 0 Å². The second kappa shape index (κ2) is 6.09. The van der Waals surface area contributed by atoms with Gasteiger partial charge in [-0.25, -0.2) is 4.79 Å². The molecule has 0 aliphatic rings. The molecule has 96 valence electrons. The Labute approximate surface area is 98.3 Å². The van der Waals surface area contributed by atoms with Gasteiger partial charge in [0.05, 0.1) is 0 Å². The average molecular weight is 231 g/mol. The van der Waals surface area contributed by atoms with E-state index in [0.29, 0.717) is 13.0 Å². The minimum Gasteiger partial charge on any atom is -0.465 e. The molecule has 0 aromatic heterocycles. The highest BCUT2D eigenvalue weighted by molar-refractivity contribution is 5.65. The molecule has 0 saturated heterocycles. The summed E-state index contributed by atoms with van der Waals surface area (Å²) in [5, 5.41) is 18.0. The number of carboxylic acid groups (broad SMARTS) is 1. The van der Waals surface area contributed by atoms with Crippen molar-refractivity contribution >= 4 is 6.09 Å². The van der Waals surface area contributed by atoms with E-state index < -0.39 is 6.09 Å². The van der Waals surface area contributed by atoms with Crippen LogP contribution in [0.15, 0.2) is 0 Å². The fourth-order valence-corrected chi connectivity index (χ4v) is 2.42. The largest absolute Gasteiger partial charge is 0.465 e. The lowest BCUT2D eigenvalue weighted by Gasteiger charge is -2.41. The van der Waals surface area contributed by atoms with E-state index in [-0.39, 0.29) is 24.0 Å². The Morgan fingerprint density at radius 2 is 1.81 bits per heavy atom. The molecule has 1 atom stereocenters. The number of carbonyl (C=O) groups is 1. The number of rotatable bonds is 5. The molecule has 0 aromatic rings. The van der Waals surface area contributed by atoms with Gasteiger partial charge in [-0.3, -0.25) is 0 Å². The van der Waals surface area contributed by atoms with Gasteiger partial charge < -0.3 is 15.1 Å². The van der Waals surface area contributed by atoms with E-state index in [2.05, 4.69) is 0 Å². The van der Waals surface area contributed by atoms with Gasteiger partial charge in [0.25, 0.3) is 0 Å². The van der Waals surface area contributed by atoms with Gasteiger partial charge in [-0.05, 0) is 17.8 Å². The van der Waals surface area contributed by atoms with Crippen molar-refractivity contribution < 1.29 is 15.0 Å². The zero-order chi connectivity index (χ0) is 12.9. The summed E-state index contributed by atoms with van der Waals surface area (Å²) in [6, 6.07) is -0.0310. The SMILES string of the molecule is CC(C)C(N(CCCO)C(=O)O)C(C)(C)C. The summed E-state index contributed by atoms with van der Waals surface area (Å²) in [5.41, 5.74) is -0.0952. The van der Waals surface area contributed by atoms with Crippen LogP contribution in [0, 0.1) is 11.3 Å². The third-order valence-electron chi connectivity index (χ3n) is 2.66. The molecule has 16 heavy (non-hydrogen) atoms. The second-order valence-corrected chi connectivity index (χ2v) is 5.61. The number of aliphatic hydroxyl groups is 1.